The summed E-state index contributed by atoms with van der Waals surface area (Å²) in [4.78, 5) is 4.85. The van der Waals surface area contributed by atoms with Crippen molar-refractivity contribution in [2.24, 2.45) is 0 Å². The summed E-state index contributed by atoms with van der Waals surface area (Å²) in [7, 11) is 2.17. The summed E-state index contributed by atoms with van der Waals surface area (Å²) in [6, 6.07) is 5.95. The van der Waals surface area contributed by atoms with Crippen LogP contribution in [0.1, 0.15) is 5.56 Å². The third-order valence-electron chi connectivity index (χ3n) is 3.51. The summed E-state index contributed by atoms with van der Waals surface area (Å²) in [5, 5.41) is 10.8. The standard InChI is InChI=1S/C14H21BrN4/c1-18-6-8-19(9-7-18)5-4-17-14-10-13(15)3-2-12(14)11-16/h2-3,10-11,16-17H,4-9H2,1H3. The van der Waals surface area contributed by atoms with Crippen LogP contribution in [0.25, 0.3) is 0 Å². The number of anilines is 1. The van der Waals surface area contributed by atoms with Crippen LogP contribution in [-0.4, -0.2) is 62.3 Å². The number of hydrogen-bond donors (Lipinski definition) is 2. The Balaban J connectivity index is 1.82. The Morgan fingerprint density at radius 3 is 2.74 bits per heavy atom. The fraction of sp³-hybridized carbons (Fsp3) is 0.500. The Bertz CT molecular complexity index is 427. The second-order valence-electron chi connectivity index (χ2n) is 4.95. The molecule has 2 N–H and O–H groups in total. The summed E-state index contributed by atoms with van der Waals surface area (Å²) in [6.07, 6.45) is 1.39. The van der Waals surface area contributed by atoms with Crippen molar-refractivity contribution >= 4 is 27.8 Å². The lowest BCUT2D eigenvalue weighted by atomic mass is 10.2. The molecule has 1 aliphatic heterocycles. The molecule has 5 heteroatoms. The molecule has 4 nitrogen and oxygen atoms in total. The Labute approximate surface area is 123 Å². The largest absolute Gasteiger partial charge is 0.383 e. The van der Waals surface area contributed by atoms with Crippen LogP contribution in [0.15, 0.2) is 22.7 Å². The van der Waals surface area contributed by atoms with E-state index >= 15 is 0 Å². The maximum atomic E-state index is 7.41. The molecule has 1 aromatic rings. The molecule has 0 saturated carbocycles. The first-order valence-electron chi connectivity index (χ1n) is 6.64. The van der Waals surface area contributed by atoms with E-state index in [0.717, 1.165) is 55.0 Å². The molecule has 0 unspecified atom stereocenters. The van der Waals surface area contributed by atoms with Gasteiger partial charge in [-0.15, -0.1) is 0 Å². The number of likely N-dealkylation sites (N-methyl/N-ethyl adjacent to an activating group) is 1. The van der Waals surface area contributed by atoms with Gasteiger partial charge >= 0.3 is 0 Å². The van der Waals surface area contributed by atoms with E-state index in [-0.39, 0.29) is 0 Å². The SMILES string of the molecule is CN1CCN(CCNc2cc(Br)ccc2C=N)CC1. The quantitative estimate of drug-likeness (QED) is 0.815. The minimum Gasteiger partial charge on any atom is -0.383 e. The molecule has 19 heavy (non-hydrogen) atoms. The van der Waals surface area contributed by atoms with Crippen LogP contribution in [0.3, 0.4) is 0 Å². The molecular weight excluding hydrogens is 304 g/mol. The fourth-order valence-electron chi connectivity index (χ4n) is 2.23. The summed E-state index contributed by atoms with van der Waals surface area (Å²) in [6.45, 7) is 6.58. The first kappa shape index (κ1) is 14.5. The zero-order valence-corrected chi connectivity index (χ0v) is 12.9. The lowest BCUT2D eigenvalue weighted by molar-refractivity contribution is 0.158. The Kier molecular flexibility index (Phi) is 5.36. The highest BCUT2D eigenvalue weighted by Gasteiger charge is 2.12. The van der Waals surface area contributed by atoms with Crippen LogP contribution in [0, 0.1) is 5.41 Å². The van der Waals surface area contributed by atoms with Crippen LogP contribution in [0.5, 0.6) is 0 Å². The molecule has 1 fully saturated rings. The van der Waals surface area contributed by atoms with E-state index in [0.29, 0.717) is 0 Å². The summed E-state index contributed by atoms with van der Waals surface area (Å²) < 4.78 is 1.04. The fourth-order valence-corrected chi connectivity index (χ4v) is 2.59. The van der Waals surface area contributed by atoms with Gasteiger partial charge in [0, 0.05) is 61.2 Å². The van der Waals surface area contributed by atoms with Gasteiger partial charge in [0.05, 0.1) is 0 Å². The first-order valence-corrected chi connectivity index (χ1v) is 7.43. The average molecular weight is 325 g/mol. The van der Waals surface area contributed by atoms with E-state index in [1.807, 2.05) is 18.2 Å². The van der Waals surface area contributed by atoms with Gasteiger partial charge in [-0.3, -0.25) is 4.90 Å². The van der Waals surface area contributed by atoms with Crippen molar-refractivity contribution < 1.29 is 0 Å². The highest BCUT2D eigenvalue weighted by molar-refractivity contribution is 9.10. The van der Waals surface area contributed by atoms with Gasteiger partial charge in [-0.25, -0.2) is 0 Å². The van der Waals surface area contributed by atoms with E-state index in [9.17, 15) is 0 Å². The summed E-state index contributed by atoms with van der Waals surface area (Å²) >= 11 is 3.47. The topological polar surface area (TPSA) is 42.4 Å². The molecule has 0 aromatic heterocycles. The van der Waals surface area contributed by atoms with E-state index in [1.165, 1.54) is 6.21 Å². The average Bonchev–Trinajstić information content (AvgIpc) is 2.41. The minimum atomic E-state index is 0.918. The van der Waals surface area contributed by atoms with Crippen molar-refractivity contribution in [2.75, 3.05) is 51.6 Å². The zero-order chi connectivity index (χ0) is 13.7. The Morgan fingerprint density at radius 1 is 1.32 bits per heavy atom. The van der Waals surface area contributed by atoms with Gasteiger partial charge in [0.15, 0.2) is 0 Å². The highest BCUT2D eigenvalue weighted by Crippen LogP contribution is 2.19. The van der Waals surface area contributed by atoms with Gasteiger partial charge in [0.1, 0.15) is 0 Å². The predicted octanol–water partition coefficient (Wildman–Crippen LogP) is 2.11. The minimum absolute atomic E-state index is 0.918. The normalized spacial score (nSPS) is 17.4. The second-order valence-corrected chi connectivity index (χ2v) is 5.86. The molecule has 0 atom stereocenters. The molecule has 1 aliphatic rings. The molecular formula is C14H21BrN4. The van der Waals surface area contributed by atoms with Gasteiger partial charge < -0.3 is 15.6 Å². The van der Waals surface area contributed by atoms with Gasteiger partial charge in [-0.1, -0.05) is 22.0 Å². The number of hydrogen-bond acceptors (Lipinski definition) is 4. The first-order chi connectivity index (χ1) is 9.19. The van der Waals surface area contributed by atoms with E-state index in [4.69, 9.17) is 5.41 Å². The van der Waals surface area contributed by atoms with E-state index in [1.54, 1.807) is 0 Å². The van der Waals surface area contributed by atoms with Crippen LogP contribution < -0.4 is 5.32 Å². The molecule has 0 spiro atoms. The summed E-state index contributed by atoms with van der Waals surface area (Å²) in [5.74, 6) is 0. The molecule has 104 valence electrons. The van der Waals surface area contributed by atoms with Crippen molar-refractivity contribution in [1.29, 1.82) is 5.41 Å². The monoisotopic (exact) mass is 324 g/mol. The van der Waals surface area contributed by atoms with Gasteiger partial charge in [0.2, 0.25) is 0 Å². The third-order valence-corrected chi connectivity index (χ3v) is 4.00. The van der Waals surface area contributed by atoms with Crippen molar-refractivity contribution in [2.45, 2.75) is 0 Å². The van der Waals surface area contributed by atoms with Crippen LogP contribution in [0.4, 0.5) is 5.69 Å². The van der Waals surface area contributed by atoms with Crippen molar-refractivity contribution in [3.05, 3.63) is 28.2 Å². The van der Waals surface area contributed by atoms with Gasteiger partial charge in [-0.2, -0.15) is 0 Å². The number of rotatable bonds is 5. The van der Waals surface area contributed by atoms with Crippen molar-refractivity contribution in [3.8, 4) is 0 Å². The van der Waals surface area contributed by atoms with Crippen LogP contribution >= 0.6 is 15.9 Å². The molecule has 1 aromatic carbocycles. The van der Waals surface area contributed by atoms with Crippen molar-refractivity contribution in [1.82, 2.24) is 9.80 Å². The third kappa shape index (κ3) is 4.30. The van der Waals surface area contributed by atoms with Gasteiger partial charge in [-0.05, 0) is 19.2 Å². The molecule has 0 bridgehead atoms. The Hall–Kier alpha value is -0.910. The van der Waals surface area contributed by atoms with Gasteiger partial charge in [0.25, 0.3) is 0 Å². The highest BCUT2D eigenvalue weighted by atomic mass is 79.9. The molecule has 0 amide bonds. The lowest BCUT2D eigenvalue weighted by Gasteiger charge is -2.32. The van der Waals surface area contributed by atoms with E-state index in [2.05, 4.69) is 38.1 Å². The number of halogens is 1. The number of benzene rings is 1. The Morgan fingerprint density at radius 2 is 2.05 bits per heavy atom. The molecule has 2 rings (SSSR count). The molecule has 1 saturated heterocycles. The number of nitrogens with one attached hydrogen (secondary N) is 2. The second kappa shape index (κ2) is 7.03. The maximum Gasteiger partial charge on any atom is 0.0440 e. The smallest absolute Gasteiger partial charge is 0.0440 e. The number of piperazine rings is 1. The maximum absolute atomic E-state index is 7.41. The molecule has 0 radical (unpaired) electrons. The zero-order valence-electron chi connectivity index (χ0n) is 11.3. The number of nitrogens with zero attached hydrogens (tertiary/aromatic N) is 2. The van der Waals surface area contributed by atoms with Crippen LogP contribution in [0.2, 0.25) is 0 Å². The summed E-state index contributed by atoms with van der Waals surface area (Å²) in [5.41, 5.74) is 1.96. The van der Waals surface area contributed by atoms with Crippen molar-refractivity contribution in [3.63, 3.8) is 0 Å². The predicted molar refractivity (Wildman–Crippen MR) is 84.5 cm³/mol. The van der Waals surface area contributed by atoms with E-state index < -0.39 is 0 Å². The van der Waals surface area contributed by atoms with Crippen LogP contribution in [-0.2, 0) is 0 Å². The molecule has 1 heterocycles. The lowest BCUT2D eigenvalue weighted by Crippen LogP contribution is -2.45. The molecule has 0 aliphatic carbocycles.